The zero-order valence-electron chi connectivity index (χ0n) is 11.2. The first-order chi connectivity index (χ1) is 9.29. The van der Waals surface area contributed by atoms with Crippen molar-refractivity contribution in [2.75, 3.05) is 6.61 Å². The molecule has 0 aliphatic heterocycles. The summed E-state index contributed by atoms with van der Waals surface area (Å²) in [4.78, 5) is 4.42. The molecule has 0 spiro atoms. The predicted molar refractivity (Wildman–Crippen MR) is 80.2 cm³/mol. The molecule has 1 unspecified atom stereocenters. The molecule has 2 rings (SSSR count). The SMILES string of the molecule is CC(CCO)SCc1nccn1Cc1ccccc1. The topological polar surface area (TPSA) is 38.1 Å². The summed E-state index contributed by atoms with van der Waals surface area (Å²) in [6.07, 6.45) is 4.72. The van der Waals surface area contributed by atoms with E-state index in [1.54, 1.807) is 0 Å². The Morgan fingerprint density at radius 2 is 2.11 bits per heavy atom. The van der Waals surface area contributed by atoms with Gasteiger partial charge in [0.15, 0.2) is 0 Å². The maximum absolute atomic E-state index is 8.91. The normalized spacial score (nSPS) is 12.5. The summed E-state index contributed by atoms with van der Waals surface area (Å²) in [5.74, 6) is 1.99. The molecule has 0 fully saturated rings. The molecule has 0 radical (unpaired) electrons. The average Bonchev–Trinajstić information content (AvgIpc) is 2.85. The lowest BCUT2D eigenvalue weighted by Crippen LogP contribution is -2.06. The van der Waals surface area contributed by atoms with E-state index in [2.05, 4.69) is 40.7 Å². The van der Waals surface area contributed by atoms with E-state index in [9.17, 15) is 0 Å². The van der Waals surface area contributed by atoms with E-state index in [4.69, 9.17) is 5.11 Å². The van der Waals surface area contributed by atoms with Crippen molar-refractivity contribution in [2.45, 2.75) is 30.9 Å². The highest BCUT2D eigenvalue weighted by Gasteiger charge is 2.07. The number of nitrogens with zero attached hydrogens (tertiary/aromatic N) is 2. The molecule has 1 atom stereocenters. The van der Waals surface area contributed by atoms with Crippen molar-refractivity contribution in [3.8, 4) is 0 Å². The van der Waals surface area contributed by atoms with Gasteiger partial charge in [-0.2, -0.15) is 11.8 Å². The minimum absolute atomic E-state index is 0.257. The van der Waals surface area contributed by atoms with E-state index < -0.39 is 0 Å². The van der Waals surface area contributed by atoms with Crippen LogP contribution in [0.1, 0.15) is 24.7 Å². The minimum atomic E-state index is 0.257. The molecule has 2 aromatic rings. The zero-order chi connectivity index (χ0) is 13.5. The molecule has 1 aromatic carbocycles. The Kier molecular flexibility index (Phi) is 5.48. The molecule has 3 nitrogen and oxygen atoms in total. The van der Waals surface area contributed by atoms with Crippen LogP contribution in [0.5, 0.6) is 0 Å². The maximum atomic E-state index is 8.91. The van der Waals surface area contributed by atoms with Crippen LogP contribution in [0.3, 0.4) is 0 Å². The van der Waals surface area contributed by atoms with E-state index in [0.717, 1.165) is 24.5 Å². The summed E-state index contributed by atoms with van der Waals surface area (Å²) in [6.45, 7) is 3.27. The Bertz CT molecular complexity index is 484. The lowest BCUT2D eigenvalue weighted by atomic mass is 10.2. The molecule has 0 saturated heterocycles. The summed E-state index contributed by atoms with van der Waals surface area (Å²) in [7, 11) is 0. The Labute approximate surface area is 118 Å². The van der Waals surface area contributed by atoms with Crippen molar-refractivity contribution < 1.29 is 5.11 Å². The lowest BCUT2D eigenvalue weighted by Gasteiger charge is -2.11. The van der Waals surface area contributed by atoms with Gasteiger partial charge >= 0.3 is 0 Å². The van der Waals surface area contributed by atoms with Crippen molar-refractivity contribution in [2.24, 2.45) is 0 Å². The molecule has 102 valence electrons. The number of benzene rings is 1. The second-order valence-corrected chi connectivity index (χ2v) is 6.02. The number of hydrogen-bond donors (Lipinski definition) is 1. The Morgan fingerprint density at radius 3 is 2.84 bits per heavy atom. The molecule has 0 aliphatic carbocycles. The fourth-order valence-electron chi connectivity index (χ4n) is 1.89. The quantitative estimate of drug-likeness (QED) is 0.845. The molecular weight excluding hydrogens is 256 g/mol. The second-order valence-electron chi connectivity index (χ2n) is 4.59. The van der Waals surface area contributed by atoms with Crippen LogP contribution in [-0.4, -0.2) is 26.5 Å². The number of imidazole rings is 1. The first-order valence-corrected chi connectivity index (χ1v) is 7.61. The van der Waals surface area contributed by atoms with E-state index in [1.807, 2.05) is 30.2 Å². The number of rotatable bonds is 7. The molecule has 0 aliphatic rings. The first kappa shape index (κ1) is 14.2. The van der Waals surface area contributed by atoms with E-state index in [-0.39, 0.29) is 6.61 Å². The van der Waals surface area contributed by atoms with Gasteiger partial charge in [-0.1, -0.05) is 37.3 Å². The van der Waals surface area contributed by atoms with Crippen molar-refractivity contribution in [1.29, 1.82) is 0 Å². The fraction of sp³-hybridized carbons (Fsp3) is 0.400. The van der Waals surface area contributed by atoms with Crippen molar-refractivity contribution in [3.63, 3.8) is 0 Å². The third-order valence-corrected chi connectivity index (χ3v) is 4.26. The summed E-state index contributed by atoms with van der Waals surface area (Å²) in [5, 5.41) is 9.37. The number of aliphatic hydroxyl groups is 1. The Hall–Kier alpha value is -1.26. The first-order valence-electron chi connectivity index (χ1n) is 6.56. The van der Waals surface area contributed by atoms with E-state index >= 15 is 0 Å². The summed E-state index contributed by atoms with van der Waals surface area (Å²) in [5.41, 5.74) is 1.29. The number of aromatic nitrogens is 2. The molecule has 4 heteroatoms. The lowest BCUT2D eigenvalue weighted by molar-refractivity contribution is 0.289. The smallest absolute Gasteiger partial charge is 0.118 e. The highest BCUT2D eigenvalue weighted by molar-refractivity contribution is 7.99. The third kappa shape index (κ3) is 4.40. The monoisotopic (exact) mass is 276 g/mol. The van der Waals surface area contributed by atoms with E-state index in [1.165, 1.54) is 5.56 Å². The van der Waals surface area contributed by atoms with Crippen LogP contribution in [-0.2, 0) is 12.3 Å². The Morgan fingerprint density at radius 1 is 1.32 bits per heavy atom. The van der Waals surface area contributed by atoms with Crippen LogP contribution in [0, 0.1) is 0 Å². The zero-order valence-corrected chi connectivity index (χ0v) is 12.0. The van der Waals surface area contributed by atoms with Crippen LogP contribution in [0.15, 0.2) is 42.7 Å². The highest BCUT2D eigenvalue weighted by Crippen LogP contribution is 2.19. The second kappa shape index (κ2) is 7.36. The molecule has 0 saturated carbocycles. The number of thioether (sulfide) groups is 1. The van der Waals surface area contributed by atoms with Crippen molar-refractivity contribution >= 4 is 11.8 Å². The standard InChI is InChI=1S/C15H20N2OS/c1-13(7-10-18)19-12-15-16-8-9-17(15)11-14-5-3-2-4-6-14/h2-6,8-9,13,18H,7,10-12H2,1H3. The predicted octanol–water partition coefficient (Wildman–Crippen LogP) is 2.94. The molecule has 19 heavy (non-hydrogen) atoms. The molecular formula is C15H20N2OS. The van der Waals surface area contributed by atoms with Gasteiger partial charge in [0, 0.05) is 30.8 Å². The van der Waals surface area contributed by atoms with Crippen LogP contribution < -0.4 is 0 Å². The Balaban J connectivity index is 1.94. The maximum Gasteiger partial charge on any atom is 0.118 e. The number of aliphatic hydroxyl groups excluding tert-OH is 1. The molecule has 1 N–H and O–H groups in total. The van der Waals surface area contributed by atoms with Crippen LogP contribution in [0.25, 0.3) is 0 Å². The molecule has 1 aromatic heterocycles. The van der Waals surface area contributed by atoms with Crippen molar-refractivity contribution in [3.05, 3.63) is 54.1 Å². The molecule has 1 heterocycles. The number of hydrogen-bond acceptors (Lipinski definition) is 3. The van der Waals surface area contributed by atoms with Gasteiger partial charge in [0.2, 0.25) is 0 Å². The average molecular weight is 276 g/mol. The van der Waals surface area contributed by atoms with Gasteiger partial charge in [-0.25, -0.2) is 4.98 Å². The van der Waals surface area contributed by atoms with Gasteiger partial charge in [0.1, 0.15) is 5.82 Å². The third-order valence-electron chi connectivity index (χ3n) is 3.03. The minimum Gasteiger partial charge on any atom is -0.396 e. The summed E-state index contributed by atoms with van der Waals surface area (Å²) in [6, 6.07) is 10.4. The summed E-state index contributed by atoms with van der Waals surface area (Å²) < 4.78 is 2.19. The van der Waals surface area contributed by atoms with Crippen LogP contribution >= 0.6 is 11.8 Å². The van der Waals surface area contributed by atoms with Crippen LogP contribution in [0.2, 0.25) is 0 Å². The van der Waals surface area contributed by atoms with Gasteiger partial charge < -0.3 is 9.67 Å². The van der Waals surface area contributed by atoms with Gasteiger partial charge in [0.05, 0.1) is 5.75 Å². The largest absolute Gasteiger partial charge is 0.396 e. The van der Waals surface area contributed by atoms with Gasteiger partial charge in [0.25, 0.3) is 0 Å². The van der Waals surface area contributed by atoms with Gasteiger partial charge in [-0.15, -0.1) is 0 Å². The van der Waals surface area contributed by atoms with Gasteiger partial charge in [-0.05, 0) is 12.0 Å². The molecule has 0 bridgehead atoms. The van der Waals surface area contributed by atoms with Crippen molar-refractivity contribution in [1.82, 2.24) is 9.55 Å². The van der Waals surface area contributed by atoms with E-state index in [0.29, 0.717) is 5.25 Å². The fourth-order valence-corrected chi connectivity index (χ4v) is 2.83. The highest BCUT2D eigenvalue weighted by atomic mass is 32.2. The molecule has 0 amide bonds. The van der Waals surface area contributed by atoms with Crippen LogP contribution in [0.4, 0.5) is 0 Å². The van der Waals surface area contributed by atoms with Gasteiger partial charge in [-0.3, -0.25) is 0 Å². The summed E-state index contributed by atoms with van der Waals surface area (Å²) >= 11 is 1.84.